The molecule has 1 heteroatoms. The Labute approximate surface area is 112 Å². The molecule has 0 aliphatic carbocycles. The molecule has 0 fully saturated rings. The van der Waals surface area contributed by atoms with Crippen LogP contribution in [0.2, 0.25) is 0 Å². The lowest BCUT2D eigenvalue weighted by molar-refractivity contribution is 0.277. The first-order valence-corrected chi connectivity index (χ1v) is 6.64. The Hall–Kier alpha value is -1.34. The van der Waals surface area contributed by atoms with Crippen molar-refractivity contribution in [3.05, 3.63) is 48.5 Å². The van der Waals surface area contributed by atoms with Gasteiger partial charge in [0.1, 0.15) is 0 Å². The minimum Gasteiger partial charge on any atom is -0.388 e. The lowest BCUT2D eigenvalue weighted by atomic mass is 10.1. The molecule has 0 heterocycles. The summed E-state index contributed by atoms with van der Waals surface area (Å²) in [7, 11) is 3.25. The summed E-state index contributed by atoms with van der Waals surface area (Å²) in [6.07, 6.45) is 4.08. The minimum absolute atomic E-state index is 1.31. The largest absolute Gasteiger partial charge is 0.388 e. The van der Waals surface area contributed by atoms with Crippen molar-refractivity contribution in [3.8, 4) is 0 Å². The molecule has 0 saturated heterocycles. The van der Waals surface area contributed by atoms with Gasteiger partial charge in [0, 0.05) is 14.2 Å². The van der Waals surface area contributed by atoms with E-state index in [1.165, 1.54) is 30.0 Å². The molecule has 1 nitrogen and oxygen atoms in total. The normalized spacial score (nSPS) is 8.89. The Bertz CT molecular complexity index is 328. The summed E-state index contributed by atoms with van der Waals surface area (Å²) in [4.78, 5) is 0. The molecular formula is C17H26O. The van der Waals surface area contributed by atoms with Gasteiger partial charge in [-0.1, -0.05) is 81.6 Å². The highest BCUT2D eigenvalue weighted by atomic mass is 16.4. The van der Waals surface area contributed by atoms with Gasteiger partial charge in [0.25, 0.3) is 0 Å². The van der Waals surface area contributed by atoms with Crippen LogP contribution in [0.5, 0.6) is 0 Å². The molecule has 0 saturated carbocycles. The van der Waals surface area contributed by atoms with Gasteiger partial charge >= 0.3 is 0 Å². The topological polar surface area (TPSA) is 9.23 Å². The van der Waals surface area contributed by atoms with Crippen LogP contribution in [0.25, 0.3) is 10.8 Å². The summed E-state index contributed by atoms with van der Waals surface area (Å²) >= 11 is 0. The zero-order valence-electron chi connectivity index (χ0n) is 12.1. The number of benzene rings is 2. The monoisotopic (exact) mass is 246 g/mol. The molecule has 0 aromatic heterocycles. The van der Waals surface area contributed by atoms with Crippen molar-refractivity contribution in [1.29, 1.82) is 0 Å². The third-order valence-electron chi connectivity index (χ3n) is 2.37. The van der Waals surface area contributed by atoms with E-state index in [-0.39, 0.29) is 0 Å². The van der Waals surface area contributed by atoms with Crippen molar-refractivity contribution in [2.45, 2.75) is 33.1 Å². The van der Waals surface area contributed by atoms with Gasteiger partial charge in [0.15, 0.2) is 0 Å². The van der Waals surface area contributed by atoms with Crippen LogP contribution in [0, 0.1) is 0 Å². The highest BCUT2D eigenvalue weighted by Gasteiger charge is 1.85. The molecule has 18 heavy (non-hydrogen) atoms. The van der Waals surface area contributed by atoms with Crippen LogP contribution < -0.4 is 0 Å². The maximum Gasteiger partial charge on any atom is 0.0351 e. The van der Waals surface area contributed by atoms with Gasteiger partial charge in [-0.3, -0.25) is 0 Å². The molecule has 0 atom stereocenters. The molecule has 0 amide bonds. The van der Waals surface area contributed by atoms with E-state index in [2.05, 4.69) is 67.1 Å². The van der Waals surface area contributed by atoms with E-state index in [0.717, 1.165) is 0 Å². The number of unbranched alkanes of at least 4 members (excludes halogenated alkanes) is 2. The Morgan fingerprint density at radius 3 is 1.17 bits per heavy atom. The standard InChI is InChI=1S/C10H8.C5H12.C2H6O/c1-2-6-10-8-4-3-7-9(10)5-1;1-3-5-4-2;1-3-2/h1-8H;3-5H2,1-2H3;1-2H3. The summed E-state index contributed by atoms with van der Waals surface area (Å²) < 4.78 is 4.25. The Morgan fingerprint density at radius 1 is 0.722 bits per heavy atom. The van der Waals surface area contributed by atoms with E-state index in [1.807, 2.05) is 0 Å². The quantitative estimate of drug-likeness (QED) is 0.698. The maximum absolute atomic E-state index is 4.25. The molecule has 0 spiro atoms. The molecule has 2 aromatic rings. The fourth-order valence-electron chi connectivity index (χ4n) is 1.49. The molecule has 100 valence electrons. The molecule has 0 aliphatic rings. The van der Waals surface area contributed by atoms with Gasteiger partial charge in [-0.15, -0.1) is 0 Å². The first kappa shape index (κ1) is 16.7. The van der Waals surface area contributed by atoms with Gasteiger partial charge in [0.2, 0.25) is 0 Å². The highest BCUT2D eigenvalue weighted by Crippen LogP contribution is 2.11. The molecule has 2 rings (SSSR count). The van der Waals surface area contributed by atoms with E-state index < -0.39 is 0 Å². The number of hydrogen-bond acceptors (Lipinski definition) is 1. The molecule has 0 N–H and O–H groups in total. The second-order valence-electron chi connectivity index (χ2n) is 4.11. The van der Waals surface area contributed by atoms with Crippen LogP contribution in [-0.4, -0.2) is 14.2 Å². The second kappa shape index (κ2) is 12.1. The van der Waals surface area contributed by atoms with Crippen LogP contribution in [0.15, 0.2) is 48.5 Å². The van der Waals surface area contributed by atoms with E-state index in [9.17, 15) is 0 Å². The summed E-state index contributed by atoms with van der Waals surface area (Å²) in [6.45, 7) is 4.42. The summed E-state index contributed by atoms with van der Waals surface area (Å²) in [5.41, 5.74) is 0. The summed E-state index contributed by atoms with van der Waals surface area (Å²) in [5.74, 6) is 0. The predicted octanol–water partition coefficient (Wildman–Crippen LogP) is 5.30. The smallest absolute Gasteiger partial charge is 0.0351 e. The first-order chi connectivity index (χ1) is 8.79. The van der Waals surface area contributed by atoms with Crippen LogP contribution in [0.1, 0.15) is 33.1 Å². The van der Waals surface area contributed by atoms with E-state index >= 15 is 0 Å². The number of fused-ring (bicyclic) bond motifs is 1. The maximum atomic E-state index is 4.25. The number of methoxy groups -OCH3 is 1. The lowest BCUT2D eigenvalue weighted by Gasteiger charge is -1.92. The van der Waals surface area contributed by atoms with Crippen molar-refractivity contribution in [2.75, 3.05) is 14.2 Å². The zero-order valence-corrected chi connectivity index (χ0v) is 12.1. The number of rotatable bonds is 2. The van der Waals surface area contributed by atoms with Crippen molar-refractivity contribution in [3.63, 3.8) is 0 Å². The molecule has 2 aromatic carbocycles. The highest BCUT2D eigenvalue weighted by molar-refractivity contribution is 5.81. The van der Waals surface area contributed by atoms with Crippen molar-refractivity contribution in [2.24, 2.45) is 0 Å². The molecule has 0 bridgehead atoms. The SMILES string of the molecule is CCCCC.COC.c1ccc2ccccc2c1. The average Bonchev–Trinajstić information content (AvgIpc) is 2.41. The van der Waals surface area contributed by atoms with E-state index in [4.69, 9.17) is 0 Å². The van der Waals surface area contributed by atoms with Gasteiger partial charge in [-0.2, -0.15) is 0 Å². The van der Waals surface area contributed by atoms with E-state index in [1.54, 1.807) is 14.2 Å². The van der Waals surface area contributed by atoms with Gasteiger partial charge in [-0.05, 0) is 10.8 Å². The minimum atomic E-state index is 1.31. The first-order valence-electron chi connectivity index (χ1n) is 6.64. The van der Waals surface area contributed by atoms with Crippen LogP contribution in [0.3, 0.4) is 0 Å². The van der Waals surface area contributed by atoms with Crippen LogP contribution in [0.4, 0.5) is 0 Å². The Morgan fingerprint density at radius 2 is 1.00 bits per heavy atom. The van der Waals surface area contributed by atoms with Crippen LogP contribution >= 0.6 is 0 Å². The molecule has 0 aliphatic heterocycles. The van der Waals surface area contributed by atoms with Crippen molar-refractivity contribution >= 4 is 10.8 Å². The zero-order chi connectivity index (χ0) is 13.6. The van der Waals surface area contributed by atoms with Gasteiger partial charge in [-0.25, -0.2) is 0 Å². The molecule has 0 unspecified atom stereocenters. The van der Waals surface area contributed by atoms with Crippen molar-refractivity contribution in [1.82, 2.24) is 0 Å². The second-order valence-corrected chi connectivity index (χ2v) is 4.11. The van der Waals surface area contributed by atoms with E-state index in [0.29, 0.717) is 0 Å². The van der Waals surface area contributed by atoms with Gasteiger partial charge < -0.3 is 4.74 Å². The molecule has 0 radical (unpaired) electrons. The summed E-state index contributed by atoms with van der Waals surface area (Å²) in [6, 6.07) is 16.7. The molecular weight excluding hydrogens is 220 g/mol. The predicted molar refractivity (Wildman–Crippen MR) is 82.1 cm³/mol. The fourth-order valence-corrected chi connectivity index (χ4v) is 1.49. The van der Waals surface area contributed by atoms with Crippen molar-refractivity contribution < 1.29 is 4.74 Å². The Kier molecular flexibility index (Phi) is 11.2. The number of ether oxygens (including phenoxy) is 1. The third-order valence-corrected chi connectivity index (χ3v) is 2.37. The third kappa shape index (κ3) is 7.86. The fraction of sp³-hybridized carbons (Fsp3) is 0.412. The van der Waals surface area contributed by atoms with Gasteiger partial charge in [0.05, 0.1) is 0 Å². The lowest BCUT2D eigenvalue weighted by Crippen LogP contribution is -1.67. The Balaban J connectivity index is 0.000000309. The summed E-state index contributed by atoms with van der Waals surface area (Å²) in [5, 5.41) is 2.62. The number of hydrogen-bond donors (Lipinski definition) is 0. The average molecular weight is 246 g/mol. The van der Waals surface area contributed by atoms with Crippen LogP contribution in [-0.2, 0) is 4.74 Å².